The lowest BCUT2D eigenvalue weighted by Crippen LogP contribution is -2.19. The molecule has 2 aromatic carbocycles. The van der Waals surface area contributed by atoms with E-state index in [0.717, 1.165) is 18.2 Å². The van der Waals surface area contributed by atoms with E-state index in [1.807, 2.05) is 0 Å². The lowest BCUT2D eigenvalue weighted by molar-refractivity contribution is -0.137. The van der Waals surface area contributed by atoms with Gasteiger partial charge in [-0.05, 0) is 48.5 Å². The third-order valence-corrected chi connectivity index (χ3v) is 4.66. The highest BCUT2D eigenvalue weighted by atomic mass is 19.4. The Morgan fingerprint density at radius 1 is 1.13 bits per heavy atom. The van der Waals surface area contributed by atoms with Crippen LogP contribution < -0.4 is 10.9 Å². The molecule has 2 heterocycles. The largest absolute Gasteiger partial charge is 0.416 e. The van der Waals surface area contributed by atoms with Gasteiger partial charge in [-0.25, -0.2) is 0 Å². The van der Waals surface area contributed by atoms with E-state index >= 15 is 0 Å². The molecule has 0 atom stereocenters. The molecule has 0 aliphatic carbocycles. The number of nitrogens with zero attached hydrogens (tertiary/aromatic N) is 3. The van der Waals surface area contributed by atoms with E-state index in [-0.39, 0.29) is 5.69 Å². The minimum Gasteiger partial charge on any atom is -0.323 e. The standard InChI is InChI=1S/C21H15F3N4O2/c1-3-18(29)25-13-6-9-17-15(10-13)19-16(11-27(2)26-19)20(30)28(17)14-7-4-12(5-8-14)21(22,23)24/h3-11H,1H2,2H3,(H,25,29). The number of carbonyl (C=O) groups excluding carboxylic acids is 1. The number of anilines is 1. The van der Waals surface area contributed by atoms with E-state index < -0.39 is 23.2 Å². The van der Waals surface area contributed by atoms with Gasteiger partial charge >= 0.3 is 6.18 Å². The van der Waals surface area contributed by atoms with E-state index in [2.05, 4.69) is 17.0 Å². The van der Waals surface area contributed by atoms with Crippen molar-refractivity contribution >= 4 is 33.4 Å². The Morgan fingerprint density at radius 3 is 2.47 bits per heavy atom. The molecule has 152 valence electrons. The Morgan fingerprint density at radius 2 is 1.83 bits per heavy atom. The van der Waals surface area contributed by atoms with Crippen LogP contribution in [0.5, 0.6) is 0 Å². The summed E-state index contributed by atoms with van der Waals surface area (Å²) in [7, 11) is 1.66. The number of alkyl halides is 3. The van der Waals surface area contributed by atoms with Crippen molar-refractivity contribution in [3.05, 3.63) is 77.2 Å². The quantitative estimate of drug-likeness (QED) is 0.517. The van der Waals surface area contributed by atoms with Crippen molar-refractivity contribution < 1.29 is 18.0 Å². The zero-order valence-corrected chi connectivity index (χ0v) is 15.7. The van der Waals surface area contributed by atoms with Gasteiger partial charge in [-0.15, -0.1) is 0 Å². The third kappa shape index (κ3) is 3.24. The first-order valence-corrected chi connectivity index (χ1v) is 8.82. The van der Waals surface area contributed by atoms with Gasteiger partial charge < -0.3 is 5.32 Å². The Balaban J connectivity index is 2.01. The van der Waals surface area contributed by atoms with Crippen molar-refractivity contribution in [2.24, 2.45) is 7.05 Å². The fourth-order valence-electron chi connectivity index (χ4n) is 3.32. The van der Waals surface area contributed by atoms with Crippen molar-refractivity contribution in [1.29, 1.82) is 0 Å². The topological polar surface area (TPSA) is 68.9 Å². The second kappa shape index (κ2) is 6.87. The number of amides is 1. The van der Waals surface area contributed by atoms with Crippen LogP contribution in [-0.4, -0.2) is 20.3 Å². The Kier molecular flexibility index (Phi) is 4.45. The van der Waals surface area contributed by atoms with Crippen LogP contribution in [-0.2, 0) is 18.0 Å². The number of carbonyl (C=O) groups is 1. The molecule has 30 heavy (non-hydrogen) atoms. The first-order valence-electron chi connectivity index (χ1n) is 8.82. The van der Waals surface area contributed by atoms with Crippen LogP contribution >= 0.6 is 0 Å². The van der Waals surface area contributed by atoms with Crippen LogP contribution in [0.3, 0.4) is 0 Å². The zero-order chi connectivity index (χ0) is 21.6. The van der Waals surface area contributed by atoms with E-state index in [1.54, 1.807) is 31.4 Å². The fraction of sp³-hybridized carbons (Fsp3) is 0.0952. The summed E-state index contributed by atoms with van der Waals surface area (Å²) < 4.78 is 41.6. The van der Waals surface area contributed by atoms with Gasteiger partial charge in [-0.3, -0.25) is 18.8 Å². The number of nitrogens with one attached hydrogen (secondary N) is 1. The molecular formula is C21H15F3N4O2. The summed E-state index contributed by atoms with van der Waals surface area (Å²) >= 11 is 0. The van der Waals surface area contributed by atoms with Crippen LogP contribution in [0.25, 0.3) is 27.5 Å². The highest BCUT2D eigenvalue weighted by molar-refractivity contribution is 6.07. The van der Waals surface area contributed by atoms with Crippen LogP contribution in [0.15, 0.2) is 66.1 Å². The first-order chi connectivity index (χ1) is 14.2. The molecular weight excluding hydrogens is 397 g/mol. The lowest BCUT2D eigenvalue weighted by Gasteiger charge is -2.14. The number of halogens is 3. The highest BCUT2D eigenvalue weighted by Crippen LogP contribution is 2.31. The van der Waals surface area contributed by atoms with E-state index in [4.69, 9.17) is 0 Å². The zero-order valence-electron chi connectivity index (χ0n) is 15.7. The summed E-state index contributed by atoms with van der Waals surface area (Å²) in [4.78, 5) is 24.8. The van der Waals surface area contributed by atoms with Crippen molar-refractivity contribution in [1.82, 2.24) is 14.3 Å². The van der Waals surface area contributed by atoms with Crippen LogP contribution in [0.1, 0.15) is 5.56 Å². The summed E-state index contributed by atoms with van der Waals surface area (Å²) in [5, 5.41) is 7.86. The molecule has 0 saturated heterocycles. The molecule has 4 rings (SSSR count). The molecule has 0 radical (unpaired) electrons. The summed E-state index contributed by atoms with van der Waals surface area (Å²) in [6.07, 6.45) is -1.80. The molecule has 2 aromatic heterocycles. The van der Waals surface area contributed by atoms with Crippen LogP contribution in [0.2, 0.25) is 0 Å². The molecule has 0 bridgehead atoms. The molecule has 1 amide bonds. The van der Waals surface area contributed by atoms with E-state index in [0.29, 0.717) is 27.5 Å². The monoisotopic (exact) mass is 412 g/mol. The van der Waals surface area contributed by atoms with Crippen molar-refractivity contribution in [2.45, 2.75) is 6.18 Å². The Labute approximate surface area is 167 Å². The summed E-state index contributed by atoms with van der Waals surface area (Å²) in [6.45, 7) is 3.41. The minimum atomic E-state index is -4.48. The summed E-state index contributed by atoms with van der Waals surface area (Å²) in [6, 6.07) is 9.23. The van der Waals surface area contributed by atoms with Crippen LogP contribution in [0.4, 0.5) is 18.9 Å². The number of aromatic nitrogens is 3. The Bertz CT molecular complexity index is 1370. The van der Waals surface area contributed by atoms with Crippen molar-refractivity contribution in [2.75, 3.05) is 5.32 Å². The lowest BCUT2D eigenvalue weighted by atomic mass is 10.1. The molecule has 0 aliphatic rings. The third-order valence-electron chi connectivity index (χ3n) is 4.66. The number of hydrogen-bond acceptors (Lipinski definition) is 3. The molecule has 1 N–H and O–H groups in total. The highest BCUT2D eigenvalue weighted by Gasteiger charge is 2.30. The number of pyridine rings is 1. The number of rotatable bonds is 3. The van der Waals surface area contributed by atoms with Crippen LogP contribution in [0, 0.1) is 0 Å². The smallest absolute Gasteiger partial charge is 0.323 e. The van der Waals surface area contributed by atoms with Gasteiger partial charge in [0.2, 0.25) is 5.91 Å². The molecule has 4 aromatic rings. The average molecular weight is 412 g/mol. The predicted octanol–water partition coefficient (Wildman–Crippen LogP) is 4.02. The predicted molar refractivity (Wildman–Crippen MR) is 108 cm³/mol. The molecule has 0 aliphatic heterocycles. The molecule has 6 nitrogen and oxygen atoms in total. The van der Waals surface area contributed by atoms with Gasteiger partial charge in [-0.2, -0.15) is 18.3 Å². The SMILES string of the molecule is C=CC(=O)Nc1ccc2c(c1)c1nn(C)cc1c(=O)n2-c1ccc(C(F)(F)F)cc1. The molecule has 0 spiro atoms. The first kappa shape index (κ1) is 19.4. The minimum absolute atomic E-state index is 0.284. The van der Waals surface area contributed by atoms with Gasteiger partial charge in [0.1, 0.15) is 5.52 Å². The number of aryl methyl sites for hydroxylation is 1. The van der Waals surface area contributed by atoms with Gasteiger partial charge in [0.25, 0.3) is 5.56 Å². The average Bonchev–Trinajstić information content (AvgIpc) is 3.10. The van der Waals surface area contributed by atoms with E-state index in [1.165, 1.54) is 21.4 Å². The maximum atomic E-state index is 13.2. The van der Waals surface area contributed by atoms with Crippen molar-refractivity contribution in [3.63, 3.8) is 0 Å². The van der Waals surface area contributed by atoms with Gasteiger partial charge in [0.05, 0.1) is 16.5 Å². The molecule has 9 heteroatoms. The number of benzene rings is 2. The number of hydrogen-bond donors (Lipinski definition) is 1. The number of fused-ring (bicyclic) bond motifs is 3. The maximum absolute atomic E-state index is 13.2. The Hall–Kier alpha value is -3.88. The second-order valence-electron chi connectivity index (χ2n) is 6.68. The fourth-order valence-corrected chi connectivity index (χ4v) is 3.32. The van der Waals surface area contributed by atoms with Gasteiger partial charge in [-0.1, -0.05) is 6.58 Å². The van der Waals surface area contributed by atoms with Crippen molar-refractivity contribution in [3.8, 4) is 5.69 Å². The normalized spacial score (nSPS) is 11.7. The second-order valence-corrected chi connectivity index (χ2v) is 6.68. The maximum Gasteiger partial charge on any atom is 0.416 e. The van der Waals surface area contributed by atoms with E-state index in [9.17, 15) is 22.8 Å². The summed E-state index contributed by atoms with van der Waals surface area (Å²) in [5.74, 6) is -0.400. The molecule has 0 unspecified atom stereocenters. The summed E-state index contributed by atoms with van der Waals surface area (Å²) in [5.41, 5.74) is 0.412. The van der Waals surface area contributed by atoms with Gasteiger partial charge in [0.15, 0.2) is 0 Å². The molecule has 0 saturated carbocycles. The van der Waals surface area contributed by atoms with Gasteiger partial charge in [0, 0.05) is 30.0 Å². The molecule has 0 fully saturated rings.